The van der Waals surface area contributed by atoms with Crippen molar-refractivity contribution in [2.45, 2.75) is 66.0 Å². The number of rotatable bonds is 7. The van der Waals surface area contributed by atoms with Gasteiger partial charge < -0.3 is 10.1 Å². The number of aryl methyl sites for hydroxylation is 1. The summed E-state index contributed by atoms with van der Waals surface area (Å²) >= 11 is 0. The Labute approximate surface area is 117 Å². The van der Waals surface area contributed by atoms with E-state index < -0.39 is 0 Å². The molecule has 1 aromatic rings. The normalized spacial score (nSPS) is 11.6. The highest BCUT2D eigenvalue weighted by molar-refractivity contribution is 5.25. The number of hydrogen-bond donors (Lipinski definition) is 1. The first kappa shape index (κ1) is 16.0. The Balaban J connectivity index is 2.71. The number of unbranched alkanes of at least 4 members (excludes halogenated alkanes) is 1. The molecule has 0 spiro atoms. The quantitative estimate of drug-likeness (QED) is 0.762. The fraction of sp³-hybridized carbons (Fsp3) is 0.688. The minimum atomic E-state index is 0.124. The van der Waals surface area contributed by atoms with Gasteiger partial charge in [0.25, 0.3) is 0 Å². The molecule has 0 amide bonds. The van der Waals surface area contributed by atoms with Crippen LogP contribution in [-0.2, 0) is 13.0 Å². The van der Waals surface area contributed by atoms with Crippen LogP contribution in [0, 0.1) is 0 Å². The van der Waals surface area contributed by atoms with Crippen LogP contribution in [0.5, 0.6) is 5.88 Å². The topological polar surface area (TPSA) is 34.1 Å². The molecular weight excluding hydrogens is 236 g/mol. The molecule has 0 saturated carbocycles. The predicted molar refractivity (Wildman–Crippen MR) is 80.6 cm³/mol. The van der Waals surface area contributed by atoms with E-state index in [0.29, 0.717) is 0 Å². The number of ether oxygens (including phenoxy) is 1. The van der Waals surface area contributed by atoms with Crippen LogP contribution < -0.4 is 10.1 Å². The molecule has 3 nitrogen and oxygen atoms in total. The van der Waals surface area contributed by atoms with Crippen LogP contribution in [0.4, 0.5) is 0 Å². The van der Waals surface area contributed by atoms with Crippen molar-refractivity contribution in [2.24, 2.45) is 0 Å². The molecule has 0 bridgehead atoms. The van der Waals surface area contributed by atoms with E-state index in [4.69, 9.17) is 4.74 Å². The molecule has 3 heteroatoms. The van der Waals surface area contributed by atoms with Crippen molar-refractivity contribution in [3.63, 3.8) is 0 Å². The van der Waals surface area contributed by atoms with E-state index in [1.165, 1.54) is 5.56 Å². The van der Waals surface area contributed by atoms with E-state index in [0.717, 1.165) is 44.0 Å². The Morgan fingerprint density at radius 1 is 1.21 bits per heavy atom. The molecule has 1 aromatic heterocycles. The first-order chi connectivity index (χ1) is 8.94. The van der Waals surface area contributed by atoms with Gasteiger partial charge in [-0.25, -0.2) is 4.98 Å². The van der Waals surface area contributed by atoms with Crippen molar-refractivity contribution in [3.05, 3.63) is 23.4 Å². The summed E-state index contributed by atoms with van der Waals surface area (Å²) < 4.78 is 5.72. The van der Waals surface area contributed by atoms with Crippen molar-refractivity contribution < 1.29 is 4.74 Å². The van der Waals surface area contributed by atoms with Crippen LogP contribution in [0.3, 0.4) is 0 Å². The van der Waals surface area contributed by atoms with Gasteiger partial charge in [-0.3, -0.25) is 0 Å². The van der Waals surface area contributed by atoms with Crippen LogP contribution in [0.1, 0.15) is 58.7 Å². The van der Waals surface area contributed by atoms with Gasteiger partial charge in [-0.2, -0.15) is 0 Å². The minimum absolute atomic E-state index is 0.124. The third-order valence-electron chi connectivity index (χ3n) is 2.85. The van der Waals surface area contributed by atoms with E-state index in [-0.39, 0.29) is 5.54 Å². The highest BCUT2D eigenvalue weighted by Crippen LogP contribution is 2.15. The highest BCUT2D eigenvalue weighted by Gasteiger charge is 2.10. The first-order valence-electron chi connectivity index (χ1n) is 7.32. The van der Waals surface area contributed by atoms with E-state index in [1.807, 2.05) is 6.07 Å². The summed E-state index contributed by atoms with van der Waals surface area (Å²) in [7, 11) is 0. The maximum Gasteiger partial charge on any atom is 0.213 e. The molecule has 0 fully saturated rings. The molecule has 1 heterocycles. The zero-order valence-electron chi connectivity index (χ0n) is 13.0. The summed E-state index contributed by atoms with van der Waals surface area (Å²) in [6.07, 6.45) is 3.16. The van der Waals surface area contributed by atoms with Crippen LogP contribution in [-0.4, -0.2) is 17.1 Å². The Morgan fingerprint density at radius 3 is 2.53 bits per heavy atom. The van der Waals surface area contributed by atoms with Gasteiger partial charge in [0.2, 0.25) is 5.88 Å². The maximum atomic E-state index is 5.72. The second kappa shape index (κ2) is 7.49. The Bertz CT molecular complexity index is 383. The first-order valence-corrected chi connectivity index (χ1v) is 7.32. The summed E-state index contributed by atoms with van der Waals surface area (Å²) in [5.41, 5.74) is 2.46. The molecular formula is C16H28N2O. The van der Waals surface area contributed by atoms with Crippen LogP contribution in [0.2, 0.25) is 0 Å². The molecule has 0 aliphatic carbocycles. The average molecular weight is 264 g/mol. The third-order valence-corrected chi connectivity index (χ3v) is 2.85. The summed E-state index contributed by atoms with van der Waals surface area (Å²) in [4.78, 5) is 4.52. The minimum Gasteiger partial charge on any atom is -0.478 e. The number of aromatic nitrogens is 1. The summed E-state index contributed by atoms with van der Waals surface area (Å²) in [5.74, 6) is 0.763. The van der Waals surface area contributed by atoms with E-state index in [9.17, 15) is 0 Å². The van der Waals surface area contributed by atoms with E-state index in [1.54, 1.807) is 0 Å². The predicted octanol–water partition coefficient (Wildman–Crippen LogP) is 3.71. The van der Waals surface area contributed by atoms with Gasteiger partial charge in [-0.05, 0) is 45.2 Å². The monoisotopic (exact) mass is 264 g/mol. The SMILES string of the molecule is CCCCOc1cc(CNC(C)(C)C)cc(CC)n1. The molecule has 0 saturated heterocycles. The van der Waals surface area contributed by atoms with Gasteiger partial charge in [-0.15, -0.1) is 0 Å². The second-order valence-corrected chi connectivity index (χ2v) is 5.96. The lowest BCUT2D eigenvalue weighted by atomic mass is 10.1. The molecule has 0 aliphatic heterocycles. The standard InChI is InChI=1S/C16H28N2O/c1-6-8-9-19-15-11-13(10-14(7-2)18-15)12-17-16(3,4)5/h10-11,17H,6-9,12H2,1-5H3. The molecule has 1 N–H and O–H groups in total. The number of hydrogen-bond acceptors (Lipinski definition) is 3. The molecule has 0 unspecified atom stereocenters. The zero-order chi connectivity index (χ0) is 14.3. The summed E-state index contributed by atoms with van der Waals surface area (Å²) in [6.45, 7) is 12.4. The largest absolute Gasteiger partial charge is 0.478 e. The lowest BCUT2D eigenvalue weighted by molar-refractivity contribution is 0.296. The van der Waals surface area contributed by atoms with Gasteiger partial charge >= 0.3 is 0 Å². The number of nitrogens with one attached hydrogen (secondary N) is 1. The molecule has 0 radical (unpaired) electrons. The number of nitrogens with zero attached hydrogens (tertiary/aromatic N) is 1. The Kier molecular flexibility index (Phi) is 6.29. The lowest BCUT2D eigenvalue weighted by Crippen LogP contribution is -2.35. The fourth-order valence-electron chi connectivity index (χ4n) is 1.67. The fourth-order valence-corrected chi connectivity index (χ4v) is 1.67. The molecule has 0 aromatic carbocycles. The molecule has 1 rings (SSSR count). The lowest BCUT2D eigenvalue weighted by Gasteiger charge is -2.21. The van der Waals surface area contributed by atoms with Gasteiger partial charge in [0.15, 0.2) is 0 Å². The van der Waals surface area contributed by atoms with Crippen molar-refractivity contribution in [2.75, 3.05) is 6.61 Å². The zero-order valence-corrected chi connectivity index (χ0v) is 13.0. The Hall–Kier alpha value is -1.09. The third kappa shape index (κ3) is 6.58. The van der Waals surface area contributed by atoms with E-state index in [2.05, 4.69) is 51.0 Å². The number of pyridine rings is 1. The van der Waals surface area contributed by atoms with Gasteiger partial charge in [0.05, 0.1) is 6.61 Å². The van der Waals surface area contributed by atoms with Crippen LogP contribution >= 0.6 is 0 Å². The van der Waals surface area contributed by atoms with Crippen molar-refractivity contribution in [3.8, 4) is 5.88 Å². The molecule has 108 valence electrons. The average Bonchev–Trinajstić information content (AvgIpc) is 2.36. The molecule has 0 aliphatic rings. The van der Waals surface area contributed by atoms with Gasteiger partial charge in [-0.1, -0.05) is 20.3 Å². The summed E-state index contributed by atoms with van der Waals surface area (Å²) in [6, 6.07) is 4.21. The van der Waals surface area contributed by atoms with Crippen LogP contribution in [0.25, 0.3) is 0 Å². The van der Waals surface area contributed by atoms with Crippen molar-refractivity contribution in [1.82, 2.24) is 10.3 Å². The molecule has 19 heavy (non-hydrogen) atoms. The highest BCUT2D eigenvalue weighted by atomic mass is 16.5. The maximum absolute atomic E-state index is 5.72. The van der Waals surface area contributed by atoms with Gasteiger partial charge in [0, 0.05) is 23.8 Å². The van der Waals surface area contributed by atoms with Crippen LogP contribution in [0.15, 0.2) is 12.1 Å². The molecule has 0 atom stereocenters. The van der Waals surface area contributed by atoms with Crippen molar-refractivity contribution >= 4 is 0 Å². The summed E-state index contributed by atoms with van der Waals surface area (Å²) in [5, 5.41) is 3.50. The van der Waals surface area contributed by atoms with Crippen molar-refractivity contribution in [1.29, 1.82) is 0 Å². The van der Waals surface area contributed by atoms with Gasteiger partial charge in [0.1, 0.15) is 0 Å². The van der Waals surface area contributed by atoms with E-state index >= 15 is 0 Å². The Morgan fingerprint density at radius 2 is 1.95 bits per heavy atom. The second-order valence-electron chi connectivity index (χ2n) is 5.96. The smallest absolute Gasteiger partial charge is 0.213 e.